The van der Waals surface area contributed by atoms with Crippen LogP contribution < -0.4 is 10.9 Å². The Morgan fingerprint density at radius 1 is 1.28 bits per heavy atom. The summed E-state index contributed by atoms with van der Waals surface area (Å²) in [5.74, 6) is 1.44. The second-order valence-electron chi connectivity index (χ2n) is 6.41. The molecule has 0 spiro atoms. The molecule has 2 aromatic heterocycles. The van der Waals surface area contributed by atoms with Crippen molar-refractivity contribution in [3.8, 4) is 0 Å². The number of aryl methyl sites for hydroxylation is 2. The Morgan fingerprint density at radius 3 is 2.92 bits per heavy atom. The maximum atomic E-state index is 12.5. The van der Waals surface area contributed by atoms with Crippen LogP contribution in [0, 0.1) is 0 Å². The summed E-state index contributed by atoms with van der Waals surface area (Å²) < 4.78 is 3.44. The number of fused-ring (bicyclic) bond motifs is 1. The van der Waals surface area contributed by atoms with Crippen LogP contribution >= 0.6 is 0 Å². The zero-order valence-electron chi connectivity index (χ0n) is 14.7. The van der Waals surface area contributed by atoms with Gasteiger partial charge in [-0.05, 0) is 32.3 Å². The van der Waals surface area contributed by atoms with Crippen LogP contribution in [0.2, 0.25) is 0 Å². The lowest BCUT2D eigenvalue weighted by Gasteiger charge is -2.15. The Morgan fingerprint density at radius 2 is 2.12 bits per heavy atom. The average Bonchev–Trinajstić information content (AvgIpc) is 2.86. The van der Waals surface area contributed by atoms with E-state index < -0.39 is 0 Å². The second-order valence-corrected chi connectivity index (χ2v) is 6.41. The molecule has 0 fully saturated rings. The molecule has 1 atom stereocenters. The van der Waals surface area contributed by atoms with Gasteiger partial charge in [0, 0.05) is 25.6 Å². The SMILES string of the molecule is CCCn1nc(C(=O)N[C@@H](C)c2nnc3n2CCCCC3)ccc1=O. The van der Waals surface area contributed by atoms with Crippen molar-refractivity contribution in [2.75, 3.05) is 0 Å². The Labute approximate surface area is 146 Å². The van der Waals surface area contributed by atoms with E-state index in [0.29, 0.717) is 6.54 Å². The summed E-state index contributed by atoms with van der Waals surface area (Å²) in [6.07, 6.45) is 5.12. The number of aromatic nitrogens is 5. The molecule has 2 aromatic rings. The Balaban J connectivity index is 1.76. The van der Waals surface area contributed by atoms with Crippen LogP contribution in [0.25, 0.3) is 0 Å². The lowest BCUT2D eigenvalue weighted by molar-refractivity contribution is 0.0929. The number of nitrogens with zero attached hydrogens (tertiary/aromatic N) is 5. The number of hydrogen-bond donors (Lipinski definition) is 1. The van der Waals surface area contributed by atoms with Crippen LogP contribution in [0.5, 0.6) is 0 Å². The molecule has 8 heteroatoms. The first-order chi connectivity index (χ1) is 12.1. The first kappa shape index (κ1) is 17.3. The van der Waals surface area contributed by atoms with Crippen molar-refractivity contribution in [3.63, 3.8) is 0 Å². The van der Waals surface area contributed by atoms with Gasteiger partial charge in [0.1, 0.15) is 11.5 Å². The van der Waals surface area contributed by atoms with Gasteiger partial charge in [-0.2, -0.15) is 5.10 Å². The molecular formula is C17H24N6O2. The third-order valence-electron chi connectivity index (χ3n) is 4.41. The van der Waals surface area contributed by atoms with Crippen LogP contribution in [0.15, 0.2) is 16.9 Å². The number of carbonyl (C=O) groups is 1. The van der Waals surface area contributed by atoms with Crippen molar-refractivity contribution >= 4 is 5.91 Å². The van der Waals surface area contributed by atoms with Crippen LogP contribution in [0.3, 0.4) is 0 Å². The summed E-state index contributed by atoms with van der Waals surface area (Å²) in [5, 5.41) is 15.6. The molecule has 3 heterocycles. The molecule has 0 unspecified atom stereocenters. The van der Waals surface area contributed by atoms with Gasteiger partial charge in [0.15, 0.2) is 5.82 Å². The summed E-state index contributed by atoms with van der Waals surface area (Å²) in [6.45, 7) is 5.23. The van der Waals surface area contributed by atoms with Gasteiger partial charge < -0.3 is 9.88 Å². The minimum absolute atomic E-state index is 0.200. The van der Waals surface area contributed by atoms with E-state index in [1.54, 1.807) is 0 Å². The van der Waals surface area contributed by atoms with E-state index in [4.69, 9.17) is 0 Å². The molecule has 25 heavy (non-hydrogen) atoms. The third-order valence-corrected chi connectivity index (χ3v) is 4.41. The van der Waals surface area contributed by atoms with Crippen molar-refractivity contribution < 1.29 is 4.79 Å². The highest BCUT2D eigenvalue weighted by Gasteiger charge is 2.21. The van der Waals surface area contributed by atoms with Gasteiger partial charge in [0.25, 0.3) is 11.5 Å². The molecule has 3 rings (SSSR count). The van der Waals surface area contributed by atoms with E-state index in [2.05, 4.69) is 25.2 Å². The van der Waals surface area contributed by atoms with E-state index in [9.17, 15) is 9.59 Å². The average molecular weight is 344 g/mol. The van der Waals surface area contributed by atoms with Crippen molar-refractivity contribution in [3.05, 3.63) is 39.8 Å². The summed E-state index contributed by atoms with van der Waals surface area (Å²) in [7, 11) is 0. The largest absolute Gasteiger partial charge is 0.341 e. The molecule has 0 bridgehead atoms. The van der Waals surface area contributed by atoms with Crippen molar-refractivity contribution in [2.24, 2.45) is 0 Å². The van der Waals surface area contributed by atoms with Crippen LogP contribution in [0.1, 0.15) is 67.7 Å². The number of nitrogens with one attached hydrogen (secondary N) is 1. The van der Waals surface area contributed by atoms with Crippen LogP contribution in [0.4, 0.5) is 0 Å². The fourth-order valence-electron chi connectivity index (χ4n) is 3.11. The molecule has 1 N–H and O–H groups in total. The van der Waals surface area contributed by atoms with Crippen LogP contribution in [-0.2, 0) is 19.5 Å². The van der Waals surface area contributed by atoms with E-state index in [1.807, 2.05) is 13.8 Å². The summed E-state index contributed by atoms with van der Waals surface area (Å²) in [4.78, 5) is 24.2. The highest BCUT2D eigenvalue weighted by molar-refractivity contribution is 5.92. The van der Waals surface area contributed by atoms with Gasteiger partial charge in [-0.1, -0.05) is 13.3 Å². The highest BCUT2D eigenvalue weighted by Crippen LogP contribution is 2.18. The van der Waals surface area contributed by atoms with Gasteiger partial charge in [-0.15, -0.1) is 10.2 Å². The van der Waals surface area contributed by atoms with E-state index in [1.165, 1.54) is 23.2 Å². The summed E-state index contributed by atoms with van der Waals surface area (Å²) >= 11 is 0. The number of rotatable bonds is 5. The number of amides is 1. The van der Waals surface area contributed by atoms with E-state index in [0.717, 1.165) is 43.9 Å². The lowest BCUT2D eigenvalue weighted by Crippen LogP contribution is -2.32. The van der Waals surface area contributed by atoms with Gasteiger partial charge in [-0.25, -0.2) is 4.68 Å². The molecule has 1 aliphatic heterocycles. The minimum atomic E-state index is -0.316. The maximum Gasteiger partial charge on any atom is 0.272 e. The number of hydrogen-bond acceptors (Lipinski definition) is 5. The van der Waals surface area contributed by atoms with E-state index in [-0.39, 0.29) is 23.2 Å². The first-order valence-electron chi connectivity index (χ1n) is 8.91. The van der Waals surface area contributed by atoms with Gasteiger partial charge in [0.05, 0.1) is 6.04 Å². The molecule has 0 radical (unpaired) electrons. The zero-order chi connectivity index (χ0) is 17.8. The van der Waals surface area contributed by atoms with Gasteiger partial charge in [0.2, 0.25) is 0 Å². The molecule has 0 aromatic carbocycles. The topological polar surface area (TPSA) is 94.7 Å². The molecule has 0 saturated heterocycles. The molecule has 1 amide bonds. The monoisotopic (exact) mass is 344 g/mol. The highest BCUT2D eigenvalue weighted by atomic mass is 16.2. The Bertz CT molecular complexity index is 810. The van der Waals surface area contributed by atoms with Gasteiger partial charge >= 0.3 is 0 Å². The predicted molar refractivity (Wildman–Crippen MR) is 92.2 cm³/mol. The standard InChI is InChI=1S/C17H24N6O2/c1-3-10-23-15(24)9-8-13(21-23)17(25)18-12(2)16-20-19-14-7-5-4-6-11-22(14)16/h8-9,12H,3-7,10-11H2,1-2H3,(H,18,25)/t12-/m0/s1. The fourth-order valence-corrected chi connectivity index (χ4v) is 3.11. The van der Waals surface area contributed by atoms with Crippen molar-refractivity contribution in [1.82, 2.24) is 29.9 Å². The zero-order valence-corrected chi connectivity index (χ0v) is 14.7. The molecule has 1 aliphatic rings. The minimum Gasteiger partial charge on any atom is -0.341 e. The van der Waals surface area contributed by atoms with Crippen LogP contribution in [-0.4, -0.2) is 30.5 Å². The quantitative estimate of drug-likeness (QED) is 0.886. The second kappa shape index (κ2) is 7.58. The molecule has 0 aliphatic carbocycles. The van der Waals surface area contributed by atoms with Gasteiger partial charge in [-0.3, -0.25) is 9.59 Å². The smallest absolute Gasteiger partial charge is 0.272 e. The predicted octanol–water partition coefficient (Wildman–Crippen LogP) is 1.46. The molecule has 0 saturated carbocycles. The summed E-state index contributed by atoms with van der Waals surface area (Å²) in [6, 6.07) is 2.56. The Kier molecular flexibility index (Phi) is 5.25. The molecule has 134 valence electrons. The third kappa shape index (κ3) is 3.78. The van der Waals surface area contributed by atoms with E-state index >= 15 is 0 Å². The number of carbonyl (C=O) groups excluding carboxylic acids is 1. The first-order valence-corrected chi connectivity index (χ1v) is 8.91. The fraction of sp³-hybridized carbons (Fsp3) is 0.588. The lowest BCUT2D eigenvalue weighted by atomic mass is 10.2. The maximum absolute atomic E-state index is 12.5. The normalized spacial score (nSPS) is 15.3. The molecule has 8 nitrogen and oxygen atoms in total. The summed E-state index contributed by atoms with van der Waals surface area (Å²) in [5.41, 5.74) is 0.0322. The van der Waals surface area contributed by atoms with Crippen molar-refractivity contribution in [1.29, 1.82) is 0 Å². The molecular weight excluding hydrogens is 320 g/mol. The Hall–Kier alpha value is -2.51. The van der Waals surface area contributed by atoms with Crippen molar-refractivity contribution in [2.45, 2.75) is 65.1 Å².